The van der Waals surface area contributed by atoms with Crippen LogP contribution in [0.25, 0.3) is 11.0 Å². The quantitative estimate of drug-likeness (QED) is 0.238. The van der Waals surface area contributed by atoms with Crippen molar-refractivity contribution in [3.8, 4) is 17.6 Å². The van der Waals surface area contributed by atoms with Crippen LogP contribution in [0, 0.1) is 24.1 Å². The van der Waals surface area contributed by atoms with Crippen LogP contribution < -0.4 is 19.7 Å². The van der Waals surface area contributed by atoms with Crippen molar-refractivity contribution >= 4 is 28.1 Å². The number of nitriles is 1. The van der Waals surface area contributed by atoms with Gasteiger partial charge in [0.25, 0.3) is 0 Å². The second-order valence-electron chi connectivity index (χ2n) is 9.49. The summed E-state index contributed by atoms with van der Waals surface area (Å²) in [5, 5.41) is 12.5. The number of methoxy groups -OCH3 is 2. The predicted molar refractivity (Wildman–Crippen MR) is 154 cm³/mol. The van der Waals surface area contributed by atoms with Gasteiger partial charge < -0.3 is 24.3 Å². The van der Waals surface area contributed by atoms with Gasteiger partial charge in [0.1, 0.15) is 23.1 Å². The minimum Gasteiger partial charge on any atom is -0.497 e. The summed E-state index contributed by atoms with van der Waals surface area (Å²) in [5.41, 5.74) is 5.97. The van der Waals surface area contributed by atoms with E-state index in [1.54, 1.807) is 27.5 Å². The van der Waals surface area contributed by atoms with Crippen LogP contribution in [0.2, 0.25) is 0 Å². The molecule has 3 aromatic carbocycles. The maximum absolute atomic E-state index is 15.1. The van der Waals surface area contributed by atoms with Gasteiger partial charge in [-0.1, -0.05) is 24.3 Å². The fraction of sp³-hybridized carbons (Fsp3) is 0.194. The molecule has 0 radical (unpaired) electrons. The van der Waals surface area contributed by atoms with E-state index in [0.717, 1.165) is 39.3 Å². The zero-order valence-corrected chi connectivity index (χ0v) is 22.8. The highest BCUT2D eigenvalue weighted by Gasteiger charge is 2.19. The summed E-state index contributed by atoms with van der Waals surface area (Å²) in [7, 11) is 5.22. The van der Waals surface area contributed by atoms with Gasteiger partial charge in [-0.15, -0.1) is 0 Å². The number of fused-ring (bicyclic) bond motifs is 1. The van der Waals surface area contributed by atoms with E-state index in [1.807, 2.05) is 78.3 Å². The lowest BCUT2D eigenvalue weighted by atomic mass is 10.1. The lowest BCUT2D eigenvalue weighted by Crippen LogP contribution is -2.22. The maximum Gasteiger partial charge on any atom is 0.183 e. The Bertz CT molecular complexity index is 1640. The fourth-order valence-corrected chi connectivity index (χ4v) is 4.60. The lowest BCUT2D eigenvalue weighted by molar-refractivity contribution is 0.414. The minimum absolute atomic E-state index is 0.218. The summed E-state index contributed by atoms with van der Waals surface area (Å²) < 4.78 is 27.7. The standard InChI is InChI=1S/C31H29FN6O2/c1-20-16-34-26(15-33)29(32)30(20)36-23-13-27-31(35-19-37(27)2)28(14-23)38(17-21-5-9-24(39-3)10-6-21)18-22-7-11-25(40-4)12-8-22/h5-14,16,19H,17-18H2,1-4H3,(H,34,36). The van der Waals surface area contributed by atoms with Crippen molar-refractivity contribution < 1.29 is 13.9 Å². The molecule has 9 heteroatoms. The normalized spacial score (nSPS) is 10.8. The molecule has 1 N–H and O–H groups in total. The summed E-state index contributed by atoms with van der Waals surface area (Å²) in [6.07, 6.45) is 3.26. The number of rotatable bonds is 9. The first-order valence-corrected chi connectivity index (χ1v) is 12.7. The van der Waals surface area contributed by atoms with Crippen LogP contribution >= 0.6 is 0 Å². The van der Waals surface area contributed by atoms with Crippen molar-refractivity contribution in [3.63, 3.8) is 0 Å². The molecular weight excluding hydrogens is 507 g/mol. The molecule has 2 heterocycles. The van der Waals surface area contributed by atoms with Crippen molar-refractivity contribution in [3.05, 3.63) is 101 Å². The number of halogens is 1. The second-order valence-corrected chi connectivity index (χ2v) is 9.49. The van der Waals surface area contributed by atoms with Gasteiger partial charge in [-0.2, -0.15) is 5.26 Å². The molecule has 0 aliphatic rings. The topological polar surface area (TPSA) is 88.2 Å². The molecule has 0 amide bonds. The van der Waals surface area contributed by atoms with Crippen molar-refractivity contribution in [1.82, 2.24) is 14.5 Å². The molecule has 0 saturated carbocycles. The second kappa shape index (κ2) is 11.3. The molecule has 0 bridgehead atoms. The van der Waals surface area contributed by atoms with Crippen LogP contribution in [0.3, 0.4) is 0 Å². The van der Waals surface area contributed by atoms with Gasteiger partial charge >= 0.3 is 0 Å². The highest BCUT2D eigenvalue weighted by molar-refractivity contribution is 5.93. The van der Waals surface area contributed by atoms with Crippen molar-refractivity contribution in [2.24, 2.45) is 7.05 Å². The molecule has 0 aliphatic heterocycles. The Morgan fingerprint density at radius 1 is 0.950 bits per heavy atom. The Morgan fingerprint density at radius 2 is 1.55 bits per heavy atom. The molecule has 8 nitrogen and oxygen atoms in total. The molecule has 0 spiro atoms. The Kier molecular flexibility index (Phi) is 7.51. The van der Waals surface area contributed by atoms with Gasteiger partial charge in [-0.05, 0) is 60.0 Å². The summed E-state index contributed by atoms with van der Waals surface area (Å²) >= 11 is 0. The average molecular weight is 537 g/mol. The van der Waals surface area contributed by atoms with Gasteiger partial charge in [0.15, 0.2) is 11.5 Å². The predicted octanol–water partition coefficient (Wildman–Crippen LogP) is 6.26. The molecule has 0 fully saturated rings. The number of pyridine rings is 1. The largest absolute Gasteiger partial charge is 0.497 e. The molecule has 5 rings (SSSR count). The van der Waals surface area contributed by atoms with Crippen molar-refractivity contribution in [2.45, 2.75) is 20.0 Å². The van der Waals surface area contributed by atoms with Gasteiger partial charge in [0.05, 0.1) is 37.4 Å². The van der Waals surface area contributed by atoms with E-state index in [2.05, 4.69) is 15.2 Å². The van der Waals surface area contributed by atoms with Crippen LogP contribution in [0.1, 0.15) is 22.4 Å². The van der Waals surface area contributed by atoms with Crippen LogP contribution in [0.5, 0.6) is 11.5 Å². The Morgan fingerprint density at radius 3 is 2.10 bits per heavy atom. The number of benzene rings is 3. The zero-order chi connectivity index (χ0) is 28.2. The first-order valence-electron chi connectivity index (χ1n) is 12.7. The number of aromatic nitrogens is 3. The molecule has 0 unspecified atom stereocenters. The van der Waals surface area contributed by atoms with Gasteiger partial charge in [-0.25, -0.2) is 14.4 Å². The van der Waals surface area contributed by atoms with Crippen LogP contribution in [0.15, 0.2) is 73.2 Å². The van der Waals surface area contributed by atoms with Gasteiger partial charge in [-0.3, -0.25) is 0 Å². The number of hydrogen-bond acceptors (Lipinski definition) is 7. The minimum atomic E-state index is -0.678. The molecule has 0 saturated heterocycles. The van der Waals surface area contributed by atoms with E-state index >= 15 is 4.39 Å². The summed E-state index contributed by atoms with van der Waals surface area (Å²) in [5.74, 6) is 0.896. The van der Waals surface area contributed by atoms with E-state index in [1.165, 1.54) is 6.20 Å². The summed E-state index contributed by atoms with van der Waals surface area (Å²) in [4.78, 5) is 10.9. The molecule has 5 aromatic rings. The highest BCUT2D eigenvalue weighted by atomic mass is 19.1. The van der Waals surface area contributed by atoms with Crippen molar-refractivity contribution in [2.75, 3.05) is 24.4 Å². The fourth-order valence-electron chi connectivity index (χ4n) is 4.60. The Labute approximate surface area is 232 Å². The first kappa shape index (κ1) is 26.5. The van der Waals surface area contributed by atoms with E-state index in [9.17, 15) is 5.26 Å². The third kappa shape index (κ3) is 5.38. The number of aryl methyl sites for hydroxylation is 2. The highest BCUT2D eigenvalue weighted by Crippen LogP contribution is 2.35. The van der Waals surface area contributed by atoms with Crippen LogP contribution in [0.4, 0.5) is 21.5 Å². The summed E-state index contributed by atoms with van der Waals surface area (Å²) in [6.45, 7) is 2.93. The average Bonchev–Trinajstić information content (AvgIpc) is 3.35. The van der Waals surface area contributed by atoms with Gasteiger partial charge in [0, 0.05) is 32.0 Å². The monoisotopic (exact) mass is 536 g/mol. The lowest BCUT2D eigenvalue weighted by Gasteiger charge is -2.27. The summed E-state index contributed by atoms with van der Waals surface area (Å²) in [6, 6.07) is 21.6. The number of imidazole rings is 1. The Hall–Kier alpha value is -5.10. The number of nitrogens with one attached hydrogen (secondary N) is 1. The van der Waals surface area contributed by atoms with Gasteiger partial charge in [0.2, 0.25) is 0 Å². The van der Waals surface area contributed by atoms with E-state index in [0.29, 0.717) is 24.3 Å². The number of ether oxygens (including phenoxy) is 2. The molecule has 40 heavy (non-hydrogen) atoms. The first-order chi connectivity index (χ1) is 19.4. The number of hydrogen-bond donors (Lipinski definition) is 1. The van der Waals surface area contributed by atoms with Crippen molar-refractivity contribution in [1.29, 1.82) is 5.26 Å². The van der Waals surface area contributed by atoms with Crippen LogP contribution in [-0.4, -0.2) is 28.8 Å². The third-order valence-corrected chi connectivity index (χ3v) is 6.80. The van der Waals surface area contributed by atoms with Crippen LogP contribution in [-0.2, 0) is 20.1 Å². The SMILES string of the molecule is COc1ccc(CN(Cc2ccc(OC)cc2)c2cc(Nc3c(C)cnc(C#N)c3F)cc3c2ncn3C)cc1. The van der Waals surface area contributed by atoms with E-state index < -0.39 is 5.82 Å². The third-order valence-electron chi connectivity index (χ3n) is 6.80. The molecule has 202 valence electrons. The molecular formula is C31H29FN6O2. The molecule has 0 atom stereocenters. The maximum atomic E-state index is 15.1. The van der Waals surface area contributed by atoms with E-state index in [-0.39, 0.29) is 11.4 Å². The zero-order valence-electron chi connectivity index (χ0n) is 22.8. The molecule has 0 aliphatic carbocycles. The smallest absolute Gasteiger partial charge is 0.183 e. The number of nitrogens with zero attached hydrogens (tertiary/aromatic N) is 5. The van der Waals surface area contributed by atoms with E-state index in [4.69, 9.17) is 14.5 Å². The molecule has 2 aromatic heterocycles. The number of anilines is 3. The Balaban J connectivity index is 1.61.